The van der Waals surface area contributed by atoms with E-state index in [1.165, 1.54) is 51.4 Å². The van der Waals surface area contributed by atoms with E-state index < -0.39 is 0 Å². The lowest BCUT2D eigenvalue weighted by Crippen LogP contribution is -2.05. The van der Waals surface area contributed by atoms with Gasteiger partial charge in [-0.2, -0.15) is 0 Å². The summed E-state index contributed by atoms with van der Waals surface area (Å²) in [7, 11) is 0. The second-order valence-electron chi connectivity index (χ2n) is 5.29. The molecular formula is C17H30O2. The summed E-state index contributed by atoms with van der Waals surface area (Å²) in [6.07, 6.45) is 13.9. The van der Waals surface area contributed by atoms with Crippen molar-refractivity contribution >= 4 is 0 Å². The molecule has 0 amide bonds. The second-order valence-corrected chi connectivity index (χ2v) is 5.29. The van der Waals surface area contributed by atoms with Crippen molar-refractivity contribution < 1.29 is 9.47 Å². The third-order valence-corrected chi connectivity index (χ3v) is 3.48. The van der Waals surface area contributed by atoms with Gasteiger partial charge < -0.3 is 9.47 Å². The van der Waals surface area contributed by atoms with Gasteiger partial charge in [0.2, 0.25) is 0 Å². The van der Waals surface area contributed by atoms with E-state index in [1.54, 1.807) is 0 Å². The monoisotopic (exact) mass is 266 g/mol. The fourth-order valence-corrected chi connectivity index (χ4v) is 2.29. The van der Waals surface area contributed by atoms with Gasteiger partial charge in [-0.15, -0.1) is 11.8 Å². The molecule has 2 nitrogen and oxygen atoms in total. The summed E-state index contributed by atoms with van der Waals surface area (Å²) in [5.41, 5.74) is 0. The fourth-order valence-electron chi connectivity index (χ4n) is 2.29. The zero-order chi connectivity index (χ0) is 13.6. The molecule has 0 spiro atoms. The van der Waals surface area contributed by atoms with Crippen LogP contribution in [0, 0.1) is 11.8 Å². The molecule has 1 heterocycles. The molecule has 1 aliphatic heterocycles. The maximum Gasteiger partial charge on any atom is 0.158 e. The lowest BCUT2D eigenvalue weighted by molar-refractivity contribution is -0.0454. The van der Waals surface area contributed by atoms with Gasteiger partial charge in [-0.05, 0) is 6.42 Å². The Morgan fingerprint density at radius 1 is 0.789 bits per heavy atom. The maximum atomic E-state index is 5.36. The van der Waals surface area contributed by atoms with Crippen molar-refractivity contribution in [2.24, 2.45) is 0 Å². The van der Waals surface area contributed by atoms with E-state index >= 15 is 0 Å². The van der Waals surface area contributed by atoms with Gasteiger partial charge in [0.25, 0.3) is 0 Å². The van der Waals surface area contributed by atoms with Gasteiger partial charge in [-0.3, -0.25) is 0 Å². The van der Waals surface area contributed by atoms with Gasteiger partial charge in [0.05, 0.1) is 13.2 Å². The molecule has 19 heavy (non-hydrogen) atoms. The minimum atomic E-state index is 0.0115. The standard InChI is InChI=1S/C17H30O2/c1-2-3-4-5-6-7-8-9-10-11-12-13-14-17-18-15-16-19-17/h17H,2-10,13-16H2,1H3. The zero-order valence-corrected chi connectivity index (χ0v) is 12.6. The van der Waals surface area contributed by atoms with Crippen LogP contribution in [0.3, 0.4) is 0 Å². The summed E-state index contributed by atoms with van der Waals surface area (Å²) in [4.78, 5) is 0. The van der Waals surface area contributed by atoms with Crippen LogP contribution in [0.5, 0.6) is 0 Å². The Bertz CT molecular complexity index is 246. The molecule has 1 aliphatic rings. The van der Waals surface area contributed by atoms with Gasteiger partial charge in [0.15, 0.2) is 6.29 Å². The molecule has 0 aromatic carbocycles. The fraction of sp³-hybridized carbons (Fsp3) is 0.882. The molecule has 0 aromatic rings. The molecule has 0 aromatic heterocycles. The molecular weight excluding hydrogens is 236 g/mol. The van der Waals surface area contributed by atoms with Crippen molar-refractivity contribution in [3.8, 4) is 11.8 Å². The largest absolute Gasteiger partial charge is 0.350 e. The number of unbranched alkanes of at least 4 members (excludes halogenated alkanes) is 8. The van der Waals surface area contributed by atoms with Gasteiger partial charge >= 0.3 is 0 Å². The normalized spacial score (nSPS) is 15.4. The first-order valence-corrected chi connectivity index (χ1v) is 8.12. The highest BCUT2D eigenvalue weighted by atomic mass is 16.7. The Morgan fingerprint density at radius 3 is 2.05 bits per heavy atom. The first-order chi connectivity index (χ1) is 9.43. The van der Waals surface area contributed by atoms with E-state index in [1.807, 2.05) is 0 Å². The Labute approximate surface area is 119 Å². The topological polar surface area (TPSA) is 18.5 Å². The summed E-state index contributed by atoms with van der Waals surface area (Å²) in [6, 6.07) is 0. The van der Waals surface area contributed by atoms with Crippen molar-refractivity contribution in [1.82, 2.24) is 0 Å². The molecule has 0 unspecified atom stereocenters. The average molecular weight is 266 g/mol. The van der Waals surface area contributed by atoms with Crippen LogP contribution in [0.15, 0.2) is 0 Å². The van der Waals surface area contributed by atoms with E-state index in [0.717, 1.165) is 32.5 Å². The predicted molar refractivity (Wildman–Crippen MR) is 79.9 cm³/mol. The quantitative estimate of drug-likeness (QED) is 0.422. The van der Waals surface area contributed by atoms with Crippen LogP contribution < -0.4 is 0 Å². The highest BCUT2D eigenvalue weighted by Gasteiger charge is 2.13. The van der Waals surface area contributed by atoms with E-state index in [9.17, 15) is 0 Å². The molecule has 0 radical (unpaired) electrons. The van der Waals surface area contributed by atoms with Crippen molar-refractivity contribution in [2.45, 2.75) is 83.8 Å². The van der Waals surface area contributed by atoms with Gasteiger partial charge in [0.1, 0.15) is 0 Å². The molecule has 1 fully saturated rings. The highest BCUT2D eigenvalue weighted by Crippen LogP contribution is 2.10. The lowest BCUT2D eigenvalue weighted by atomic mass is 10.1. The van der Waals surface area contributed by atoms with Crippen LogP contribution in [0.4, 0.5) is 0 Å². The molecule has 1 rings (SSSR count). The smallest absolute Gasteiger partial charge is 0.158 e. The van der Waals surface area contributed by atoms with Crippen LogP contribution in [-0.4, -0.2) is 19.5 Å². The van der Waals surface area contributed by atoms with Crippen LogP contribution in [0.1, 0.15) is 77.6 Å². The van der Waals surface area contributed by atoms with Crippen molar-refractivity contribution in [3.63, 3.8) is 0 Å². The predicted octanol–water partition coefficient (Wildman–Crippen LogP) is 4.67. The lowest BCUT2D eigenvalue weighted by Gasteiger charge is -2.04. The molecule has 0 atom stereocenters. The van der Waals surface area contributed by atoms with Crippen LogP contribution in [0.2, 0.25) is 0 Å². The third-order valence-electron chi connectivity index (χ3n) is 3.48. The Kier molecular flexibility index (Phi) is 10.9. The Hall–Kier alpha value is -0.520. The van der Waals surface area contributed by atoms with Crippen LogP contribution in [0.25, 0.3) is 0 Å². The summed E-state index contributed by atoms with van der Waals surface area (Å²) in [5, 5.41) is 0. The highest BCUT2D eigenvalue weighted by molar-refractivity contribution is 4.98. The Balaban J connectivity index is 1.77. The van der Waals surface area contributed by atoms with E-state index in [4.69, 9.17) is 9.47 Å². The third kappa shape index (κ3) is 9.99. The maximum absolute atomic E-state index is 5.36. The summed E-state index contributed by atoms with van der Waals surface area (Å²) in [6.45, 7) is 3.76. The first kappa shape index (κ1) is 16.5. The number of ether oxygens (including phenoxy) is 2. The molecule has 0 saturated carbocycles. The minimum absolute atomic E-state index is 0.0115. The number of hydrogen-bond donors (Lipinski definition) is 0. The van der Waals surface area contributed by atoms with E-state index in [2.05, 4.69) is 18.8 Å². The number of rotatable bonds is 10. The summed E-state index contributed by atoms with van der Waals surface area (Å²) < 4.78 is 10.7. The van der Waals surface area contributed by atoms with Gasteiger partial charge in [-0.25, -0.2) is 0 Å². The zero-order valence-electron chi connectivity index (χ0n) is 12.6. The molecule has 0 aliphatic carbocycles. The van der Waals surface area contributed by atoms with E-state index in [0.29, 0.717) is 0 Å². The molecule has 0 N–H and O–H groups in total. The van der Waals surface area contributed by atoms with Crippen LogP contribution in [-0.2, 0) is 9.47 Å². The summed E-state index contributed by atoms with van der Waals surface area (Å²) >= 11 is 0. The molecule has 0 bridgehead atoms. The van der Waals surface area contributed by atoms with Gasteiger partial charge in [0, 0.05) is 19.3 Å². The SMILES string of the molecule is CCCCCCCCCCC#CCCC1OCCO1. The van der Waals surface area contributed by atoms with E-state index in [-0.39, 0.29) is 6.29 Å². The number of hydrogen-bond acceptors (Lipinski definition) is 2. The van der Waals surface area contributed by atoms with Crippen LogP contribution >= 0.6 is 0 Å². The minimum Gasteiger partial charge on any atom is -0.350 e. The first-order valence-electron chi connectivity index (χ1n) is 8.12. The molecule has 2 heteroatoms. The Morgan fingerprint density at radius 2 is 1.37 bits per heavy atom. The molecule has 1 saturated heterocycles. The summed E-state index contributed by atoms with van der Waals surface area (Å²) in [5.74, 6) is 6.48. The second kappa shape index (κ2) is 12.5. The average Bonchev–Trinajstić information content (AvgIpc) is 2.93. The molecule has 110 valence electrons. The van der Waals surface area contributed by atoms with Gasteiger partial charge in [-0.1, -0.05) is 51.9 Å². The van der Waals surface area contributed by atoms with Crippen molar-refractivity contribution in [2.75, 3.05) is 13.2 Å². The van der Waals surface area contributed by atoms with Crippen molar-refractivity contribution in [1.29, 1.82) is 0 Å². The van der Waals surface area contributed by atoms with Crippen molar-refractivity contribution in [3.05, 3.63) is 0 Å².